The van der Waals surface area contributed by atoms with Gasteiger partial charge in [-0.3, -0.25) is 4.79 Å². The Morgan fingerprint density at radius 2 is 1.93 bits per heavy atom. The number of rotatable bonds is 5. The number of halogens is 3. The molecule has 0 N–H and O–H groups in total. The molecule has 2 aromatic rings. The third-order valence-corrected chi connectivity index (χ3v) is 5.44. The number of hydrogen-bond donors (Lipinski definition) is 0. The van der Waals surface area contributed by atoms with Crippen LogP contribution >= 0.6 is 0 Å². The minimum Gasteiger partial charge on any atom is -0.342 e. The van der Waals surface area contributed by atoms with E-state index in [9.17, 15) is 26.4 Å². The summed E-state index contributed by atoms with van der Waals surface area (Å²) in [5, 5.41) is 3.54. The normalized spacial score (nSPS) is 15.3. The van der Waals surface area contributed by atoms with Gasteiger partial charge in [-0.15, -0.1) is 0 Å². The zero-order valence-electron chi connectivity index (χ0n) is 14.1. The van der Waals surface area contributed by atoms with Gasteiger partial charge in [0, 0.05) is 18.7 Å². The number of carbonyl (C=O) groups is 1. The summed E-state index contributed by atoms with van der Waals surface area (Å²) in [6.45, 7) is 1.07. The Balaban J connectivity index is 1.71. The van der Waals surface area contributed by atoms with Crippen LogP contribution < -0.4 is 0 Å². The minimum absolute atomic E-state index is 0.0466. The lowest BCUT2D eigenvalue weighted by atomic mass is 10.1. The standard InChI is InChI=1S/C16H16F3N3O4S/c17-16(18,19)12-5-3-4-11(8-12)15-20-13(26-21-15)9-27(24,25)10-14(23)22-6-1-2-7-22/h3-5,8H,1-2,6-7,9-10H2. The molecule has 0 aliphatic carbocycles. The number of nitrogens with zero attached hydrogens (tertiary/aromatic N) is 3. The van der Waals surface area contributed by atoms with E-state index in [2.05, 4.69) is 10.1 Å². The largest absolute Gasteiger partial charge is 0.416 e. The van der Waals surface area contributed by atoms with Gasteiger partial charge in [-0.2, -0.15) is 18.2 Å². The van der Waals surface area contributed by atoms with Crippen molar-refractivity contribution in [1.82, 2.24) is 15.0 Å². The van der Waals surface area contributed by atoms with Gasteiger partial charge in [0.25, 0.3) is 0 Å². The van der Waals surface area contributed by atoms with Crippen molar-refractivity contribution in [3.05, 3.63) is 35.7 Å². The first-order valence-corrected chi connectivity index (χ1v) is 9.95. The van der Waals surface area contributed by atoms with Gasteiger partial charge in [0.1, 0.15) is 11.5 Å². The molecule has 1 fully saturated rings. The molecule has 1 amide bonds. The molecule has 2 heterocycles. The van der Waals surface area contributed by atoms with Crippen LogP contribution in [0.3, 0.4) is 0 Å². The van der Waals surface area contributed by atoms with Crippen LogP contribution in [0.15, 0.2) is 28.8 Å². The molecule has 1 aromatic heterocycles. The number of amides is 1. The van der Waals surface area contributed by atoms with Crippen molar-refractivity contribution >= 4 is 15.7 Å². The molecule has 1 aliphatic heterocycles. The van der Waals surface area contributed by atoms with Crippen LogP contribution in [0.5, 0.6) is 0 Å². The first-order chi connectivity index (χ1) is 12.6. The second kappa shape index (κ2) is 7.29. The fraction of sp³-hybridized carbons (Fsp3) is 0.438. The minimum atomic E-state index is -4.53. The molecular formula is C16H16F3N3O4S. The summed E-state index contributed by atoms with van der Waals surface area (Å²) >= 11 is 0. The Bertz CT molecular complexity index is 934. The lowest BCUT2D eigenvalue weighted by Crippen LogP contribution is -2.33. The van der Waals surface area contributed by atoms with Gasteiger partial charge in [-0.25, -0.2) is 8.42 Å². The van der Waals surface area contributed by atoms with E-state index >= 15 is 0 Å². The maximum atomic E-state index is 12.8. The number of hydrogen-bond acceptors (Lipinski definition) is 6. The Morgan fingerprint density at radius 1 is 1.22 bits per heavy atom. The third-order valence-electron chi connectivity index (χ3n) is 4.06. The number of aromatic nitrogens is 2. The van der Waals surface area contributed by atoms with Crippen molar-refractivity contribution in [2.45, 2.75) is 24.8 Å². The Kier molecular flexibility index (Phi) is 5.22. The number of benzene rings is 1. The highest BCUT2D eigenvalue weighted by Gasteiger charge is 2.31. The third kappa shape index (κ3) is 4.85. The van der Waals surface area contributed by atoms with Gasteiger partial charge >= 0.3 is 6.18 Å². The Morgan fingerprint density at radius 3 is 2.59 bits per heavy atom. The highest BCUT2D eigenvalue weighted by Crippen LogP contribution is 2.31. The number of likely N-dealkylation sites (tertiary alicyclic amines) is 1. The maximum absolute atomic E-state index is 12.8. The van der Waals surface area contributed by atoms with E-state index < -0.39 is 39.0 Å². The molecule has 0 radical (unpaired) electrons. The predicted molar refractivity (Wildman–Crippen MR) is 88.0 cm³/mol. The molecule has 0 saturated carbocycles. The molecule has 0 spiro atoms. The van der Waals surface area contributed by atoms with E-state index in [4.69, 9.17) is 4.52 Å². The smallest absolute Gasteiger partial charge is 0.342 e. The molecule has 3 rings (SSSR count). The topological polar surface area (TPSA) is 93.4 Å². The lowest BCUT2D eigenvalue weighted by Gasteiger charge is -2.14. The molecule has 0 bridgehead atoms. The summed E-state index contributed by atoms with van der Waals surface area (Å²) in [4.78, 5) is 17.3. The van der Waals surface area contributed by atoms with Gasteiger partial charge in [-0.1, -0.05) is 17.3 Å². The Labute approximate surface area is 153 Å². The first-order valence-electron chi connectivity index (χ1n) is 8.12. The summed E-state index contributed by atoms with van der Waals surface area (Å²) in [6.07, 6.45) is -2.84. The maximum Gasteiger partial charge on any atom is 0.416 e. The molecule has 0 unspecified atom stereocenters. The SMILES string of the molecule is O=C(CS(=O)(=O)Cc1nc(-c2cccc(C(F)(F)F)c2)no1)N1CCCC1. The summed E-state index contributed by atoms with van der Waals surface area (Å²) in [5.41, 5.74) is -0.833. The first kappa shape index (κ1) is 19.3. The van der Waals surface area contributed by atoms with E-state index in [0.29, 0.717) is 13.1 Å². The highest BCUT2D eigenvalue weighted by molar-refractivity contribution is 7.91. The quantitative estimate of drug-likeness (QED) is 0.761. The fourth-order valence-corrected chi connectivity index (χ4v) is 3.90. The average Bonchev–Trinajstić information content (AvgIpc) is 3.25. The lowest BCUT2D eigenvalue weighted by molar-refractivity contribution is -0.137. The molecule has 1 aromatic carbocycles. The molecule has 1 aliphatic rings. The fourth-order valence-electron chi connectivity index (χ4n) is 2.75. The molecule has 11 heteroatoms. The van der Waals surface area contributed by atoms with Crippen LogP contribution in [0.25, 0.3) is 11.4 Å². The van der Waals surface area contributed by atoms with Crippen LogP contribution in [0.4, 0.5) is 13.2 Å². The van der Waals surface area contributed by atoms with Crippen LogP contribution in [-0.2, 0) is 26.6 Å². The van der Waals surface area contributed by atoms with Crippen molar-refractivity contribution in [2.24, 2.45) is 0 Å². The molecule has 1 saturated heterocycles. The number of sulfone groups is 1. The van der Waals surface area contributed by atoms with E-state index in [-0.39, 0.29) is 17.3 Å². The highest BCUT2D eigenvalue weighted by atomic mass is 32.2. The van der Waals surface area contributed by atoms with Gasteiger partial charge in [-0.05, 0) is 25.0 Å². The van der Waals surface area contributed by atoms with Crippen LogP contribution in [-0.4, -0.2) is 48.2 Å². The van der Waals surface area contributed by atoms with E-state index in [1.165, 1.54) is 17.0 Å². The van der Waals surface area contributed by atoms with Crippen molar-refractivity contribution in [1.29, 1.82) is 0 Å². The van der Waals surface area contributed by atoms with Crippen molar-refractivity contribution < 1.29 is 30.9 Å². The second-order valence-electron chi connectivity index (χ2n) is 6.21. The van der Waals surface area contributed by atoms with E-state index in [0.717, 1.165) is 25.0 Å². The Hall–Kier alpha value is -2.43. The van der Waals surface area contributed by atoms with Crippen LogP contribution in [0, 0.1) is 0 Å². The van der Waals surface area contributed by atoms with Crippen molar-refractivity contribution in [3.8, 4) is 11.4 Å². The average molecular weight is 403 g/mol. The number of alkyl halides is 3. The zero-order valence-corrected chi connectivity index (χ0v) is 14.9. The summed E-state index contributed by atoms with van der Waals surface area (Å²) in [6, 6.07) is 4.30. The monoisotopic (exact) mass is 403 g/mol. The molecule has 146 valence electrons. The van der Waals surface area contributed by atoms with Gasteiger partial charge in [0.15, 0.2) is 9.84 Å². The molecule has 7 nitrogen and oxygen atoms in total. The summed E-state index contributed by atoms with van der Waals surface area (Å²) in [7, 11) is -3.84. The summed E-state index contributed by atoms with van der Waals surface area (Å²) < 4.78 is 67.5. The molecule has 0 atom stereocenters. The summed E-state index contributed by atoms with van der Waals surface area (Å²) in [5.74, 6) is -2.24. The predicted octanol–water partition coefficient (Wildman–Crippen LogP) is 2.29. The van der Waals surface area contributed by atoms with Crippen LogP contribution in [0.1, 0.15) is 24.3 Å². The van der Waals surface area contributed by atoms with E-state index in [1.54, 1.807) is 0 Å². The second-order valence-corrected chi connectivity index (χ2v) is 8.27. The van der Waals surface area contributed by atoms with Crippen molar-refractivity contribution in [2.75, 3.05) is 18.8 Å². The van der Waals surface area contributed by atoms with Gasteiger partial charge < -0.3 is 9.42 Å². The van der Waals surface area contributed by atoms with Gasteiger partial charge in [0.2, 0.25) is 17.6 Å². The number of carbonyl (C=O) groups excluding carboxylic acids is 1. The van der Waals surface area contributed by atoms with Crippen molar-refractivity contribution in [3.63, 3.8) is 0 Å². The van der Waals surface area contributed by atoms with E-state index in [1.807, 2.05) is 0 Å². The zero-order chi connectivity index (χ0) is 19.7. The van der Waals surface area contributed by atoms with Crippen LogP contribution in [0.2, 0.25) is 0 Å². The van der Waals surface area contributed by atoms with Gasteiger partial charge in [0.05, 0.1) is 5.56 Å². The molecule has 27 heavy (non-hydrogen) atoms. The molecular weight excluding hydrogens is 387 g/mol.